The summed E-state index contributed by atoms with van der Waals surface area (Å²) in [6.45, 7) is 13.7. The van der Waals surface area contributed by atoms with Crippen LogP contribution in [0, 0.1) is 0 Å². The molecule has 0 spiro atoms. The van der Waals surface area contributed by atoms with Crippen molar-refractivity contribution in [2.24, 2.45) is 0 Å². The van der Waals surface area contributed by atoms with Crippen LogP contribution in [0.3, 0.4) is 0 Å². The second-order valence-electron chi connectivity index (χ2n) is 13.0. The van der Waals surface area contributed by atoms with Gasteiger partial charge in [0, 0.05) is 27.2 Å². The third kappa shape index (κ3) is 5.39. The van der Waals surface area contributed by atoms with Gasteiger partial charge >= 0.3 is 0 Å². The Morgan fingerprint density at radius 3 is 1.73 bits per heavy atom. The summed E-state index contributed by atoms with van der Waals surface area (Å²) >= 11 is 7.40. The molecule has 0 amide bonds. The Kier molecular flexibility index (Phi) is 7.84. The standard InChI is InChI=1S/C35H38O2S4/c1-34(2,3)26-17-23-18-27(35(4,5)6)31(37-8)25-16-22(15-24(29(23)25)30(26)36-7)20-9-11-21(12-10-20)28-19-40-33(41-28)32-38-13-14-39-32/h9-14,17-19,22H,15-16H2,1-8H3. The highest BCUT2D eigenvalue weighted by atomic mass is 32.2. The molecule has 41 heavy (non-hydrogen) atoms. The summed E-state index contributed by atoms with van der Waals surface area (Å²) in [4.78, 5) is 1.34. The second kappa shape index (κ2) is 11.0. The number of rotatable bonds is 4. The summed E-state index contributed by atoms with van der Waals surface area (Å²) in [5, 5.41) is 9.28. The normalized spacial score (nSPS) is 17.5. The van der Waals surface area contributed by atoms with Crippen molar-refractivity contribution in [3.05, 3.63) is 94.5 Å². The molecule has 6 rings (SSSR count). The van der Waals surface area contributed by atoms with Gasteiger partial charge in [-0.3, -0.25) is 0 Å². The largest absolute Gasteiger partial charge is 0.496 e. The van der Waals surface area contributed by atoms with E-state index < -0.39 is 0 Å². The van der Waals surface area contributed by atoms with Gasteiger partial charge in [0.1, 0.15) is 11.5 Å². The lowest BCUT2D eigenvalue weighted by Gasteiger charge is -2.34. The van der Waals surface area contributed by atoms with E-state index in [1.165, 1.54) is 57.5 Å². The fraction of sp³-hybridized carbons (Fsp3) is 0.371. The van der Waals surface area contributed by atoms with Gasteiger partial charge in [0.05, 0.1) is 22.7 Å². The number of ether oxygens (including phenoxy) is 2. The Morgan fingerprint density at radius 2 is 1.24 bits per heavy atom. The first kappa shape index (κ1) is 29.2. The molecule has 3 aromatic carbocycles. The molecule has 0 fully saturated rings. The van der Waals surface area contributed by atoms with Gasteiger partial charge in [0.25, 0.3) is 0 Å². The van der Waals surface area contributed by atoms with Crippen molar-refractivity contribution in [2.75, 3.05) is 14.2 Å². The van der Waals surface area contributed by atoms with E-state index >= 15 is 0 Å². The molecule has 0 saturated heterocycles. The monoisotopic (exact) mass is 618 g/mol. The third-order valence-corrected chi connectivity index (χ3v) is 13.2. The molecular weight excluding hydrogens is 581 g/mol. The minimum atomic E-state index is -0.0307. The van der Waals surface area contributed by atoms with Crippen LogP contribution in [-0.2, 0) is 23.7 Å². The molecule has 0 N–H and O–H groups in total. The highest BCUT2D eigenvalue weighted by Gasteiger charge is 2.34. The van der Waals surface area contributed by atoms with E-state index in [1.807, 2.05) is 61.3 Å². The Hall–Kier alpha value is -1.86. The molecule has 214 valence electrons. The van der Waals surface area contributed by atoms with Gasteiger partial charge in [-0.2, -0.15) is 0 Å². The van der Waals surface area contributed by atoms with Crippen LogP contribution in [0.1, 0.15) is 80.8 Å². The van der Waals surface area contributed by atoms with E-state index in [9.17, 15) is 0 Å². The number of hydrogen-bond donors (Lipinski definition) is 0. The fourth-order valence-corrected chi connectivity index (χ4v) is 10.7. The van der Waals surface area contributed by atoms with Gasteiger partial charge in [0.15, 0.2) is 0 Å². The van der Waals surface area contributed by atoms with Crippen molar-refractivity contribution >= 4 is 62.7 Å². The SMILES string of the molecule is COc1c(C(C)(C)C)cc2cc(C(C)(C)C)c(OC)c3c2c1CC(c1ccc(C2=CSC(=C4SC=CS4)S2)cc1)C3. The van der Waals surface area contributed by atoms with E-state index in [0.29, 0.717) is 5.92 Å². The van der Waals surface area contributed by atoms with Crippen LogP contribution in [-0.4, -0.2) is 14.2 Å². The molecule has 0 unspecified atom stereocenters. The lowest BCUT2D eigenvalue weighted by atomic mass is 9.72. The zero-order valence-electron chi connectivity index (χ0n) is 25.1. The molecule has 0 bridgehead atoms. The molecule has 2 heterocycles. The number of thioether (sulfide) groups is 4. The summed E-state index contributed by atoms with van der Waals surface area (Å²) in [5.41, 5.74) is 7.80. The minimum absolute atomic E-state index is 0.0307. The van der Waals surface area contributed by atoms with Crippen molar-refractivity contribution in [1.29, 1.82) is 0 Å². The van der Waals surface area contributed by atoms with Crippen LogP contribution >= 0.6 is 47.0 Å². The van der Waals surface area contributed by atoms with Gasteiger partial charge in [0.2, 0.25) is 0 Å². The smallest absolute Gasteiger partial charge is 0.126 e. The molecule has 0 aromatic heterocycles. The molecule has 1 aliphatic carbocycles. The van der Waals surface area contributed by atoms with Gasteiger partial charge in [-0.25, -0.2) is 0 Å². The predicted molar refractivity (Wildman–Crippen MR) is 186 cm³/mol. The predicted octanol–water partition coefficient (Wildman–Crippen LogP) is 11.2. The Bertz CT molecular complexity index is 1540. The first-order valence-corrected chi connectivity index (χ1v) is 17.6. The minimum Gasteiger partial charge on any atom is -0.496 e. The van der Waals surface area contributed by atoms with Crippen molar-refractivity contribution in [2.45, 2.75) is 71.1 Å². The Balaban J connectivity index is 1.42. The lowest BCUT2D eigenvalue weighted by Crippen LogP contribution is -2.21. The Labute approximate surface area is 262 Å². The van der Waals surface area contributed by atoms with E-state index in [2.05, 4.69) is 94.2 Å². The van der Waals surface area contributed by atoms with Crippen LogP contribution in [0.2, 0.25) is 0 Å². The van der Waals surface area contributed by atoms with Gasteiger partial charge < -0.3 is 9.47 Å². The number of benzene rings is 3. The van der Waals surface area contributed by atoms with Crippen molar-refractivity contribution < 1.29 is 9.47 Å². The van der Waals surface area contributed by atoms with Crippen molar-refractivity contribution in [1.82, 2.24) is 0 Å². The highest BCUT2D eigenvalue weighted by Crippen LogP contribution is 2.56. The number of hydrogen-bond acceptors (Lipinski definition) is 6. The first-order valence-electron chi connectivity index (χ1n) is 14.1. The summed E-state index contributed by atoms with van der Waals surface area (Å²) in [6.07, 6.45) is 1.91. The molecule has 3 aromatic rings. The second-order valence-corrected chi connectivity index (χ2v) is 17.3. The maximum absolute atomic E-state index is 6.22. The van der Waals surface area contributed by atoms with Crippen LogP contribution < -0.4 is 9.47 Å². The summed E-state index contributed by atoms with van der Waals surface area (Å²) in [6, 6.07) is 14.1. The van der Waals surface area contributed by atoms with Crippen LogP contribution in [0.4, 0.5) is 0 Å². The van der Waals surface area contributed by atoms with E-state index in [1.54, 1.807) is 0 Å². The molecule has 6 heteroatoms. The molecule has 3 aliphatic rings. The summed E-state index contributed by atoms with van der Waals surface area (Å²) < 4.78 is 15.2. The molecule has 0 atom stereocenters. The van der Waals surface area contributed by atoms with Gasteiger partial charge in [-0.15, -0.1) is 0 Å². The topological polar surface area (TPSA) is 18.5 Å². The van der Waals surface area contributed by atoms with E-state index in [-0.39, 0.29) is 10.8 Å². The number of methoxy groups -OCH3 is 2. The van der Waals surface area contributed by atoms with E-state index in [0.717, 1.165) is 24.3 Å². The maximum Gasteiger partial charge on any atom is 0.126 e. The zero-order valence-corrected chi connectivity index (χ0v) is 28.4. The van der Waals surface area contributed by atoms with Crippen LogP contribution in [0.5, 0.6) is 11.5 Å². The Morgan fingerprint density at radius 1 is 0.707 bits per heavy atom. The first-order chi connectivity index (χ1) is 19.5. The van der Waals surface area contributed by atoms with E-state index in [4.69, 9.17) is 9.47 Å². The molecular formula is C35H38O2S4. The highest BCUT2D eigenvalue weighted by molar-refractivity contribution is 8.35. The quantitative estimate of drug-likeness (QED) is 0.287. The van der Waals surface area contributed by atoms with Crippen LogP contribution in [0.15, 0.2) is 61.1 Å². The molecule has 0 saturated carbocycles. The summed E-state index contributed by atoms with van der Waals surface area (Å²) in [5.74, 6) is 2.43. The molecule has 2 nitrogen and oxygen atoms in total. The summed E-state index contributed by atoms with van der Waals surface area (Å²) in [7, 11) is 3.66. The lowest BCUT2D eigenvalue weighted by molar-refractivity contribution is 0.385. The fourth-order valence-electron chi connectivity index (χ4n) is 6.18. The van der Waals surface area contributed by atoms with Crippen LogP contribution in [0.25, 0.3) is 15.7 Å². The average Bonchev–Trinajstić information content (AvgIpc) is 3.64. The zero-order chi connectivity index (χ0) is 29.1. The van der Waals surface area contributed by atoms with Gasteiger partial charge in [-0.05, 0) is 79.8 Å². The molecule has 2 aliphatic heterocycles. The van der Waals surface area contributed by atoms with Crippen molar-refractivity contribution in [3.63, 3.8) is 0 Å². The van der Waals surface area contributed by atoms with Gasteiger partial charge in [-0.1, -0.05) is 113 Å². The third-order valence-electron chi connectivity index (χ3n) is 8.17. The average molecular weight is 619 g/mol. The van der Waals surface area contributed by atoms with Crippen molar-refractivity contribution in [3.8, 4) is 11.5 Å². The molecule has 0 radical (unpaired) electrons. The maximum atomic E-state index is 6.22.